The van der Waals surface area contributed by atoms with Gasteiger partial charge in [-0.15, -0.1) is 0 Å². The van der Waals surface area contributed by atoms with Crippen LogP contribution in [0.3, 0.4) is 0 Å². The molecule has 7 heteroatoms. The topological polar surface area (TPSA) is 80.9 Å². The summed E-state index contributed by atoms with van der Waals surface area (Å²) >= 11 is 6.04. The number of ether oxygens (including phenoxy) is 1. The number of rotatable bonds is 6. The van der Waals surface area contributed by atoms with Crippen LogP contribution in [0, 0.1) is 13.8 Å². The van der Waals surface area contributed by atoms with Crippen LogP contribution in [-0.2, 0) is 16.0 Å². The van der Waals surface area contributed by atoms with Crippen molar-refractivity contribution in [3.05, 3.63) is 81.6 Å². The molecule has 0 aliphatic carbocycles. The maximum absolute atomic E-state index is 12.1. The molecule has 0 aliphatic heterocycles. The minimum Gasteiger partial charge on any atom is -0.465 e. The largest absolute Gasteiger partial charge is 0.465 e. The summed E-state index contributed by atoms with van der Waals surface area (Å²) in [6.45, 7) is 3.99. The lowest BCUT2D eigenvalue weighted by Gasteiger charge is -2.05. The van der Waals surface area contributed by atoms with Crippen LogP contribution in [0.4, 0.5) is 0 Å². The second-order valence-corrected chi connectivity index (χ2v) is 7.20. The number of amides is 1. The SMILES string of the molecule is COC(=O)c1cc(-c2ccc(/C=N/NC(=O)Cc3ccc(C)cc3C)o2)ccc1Cl. The van der Waals surface area contributed by atoms with Crippen molar-refractivity contribution in [3.8, 4) is 11.3 Å². The Balaban J connectivity index is 1.65. The normalized spacial score (nSPS) is 10.9. The Morgan fingerprint density at radius 3 is 2.67 bits per heavy atom. The first kappa shape index (κ1) is 21.3. The maximum atomic E-state index is 12.1. The van der Waals surface area contributed by atoms with Crippen LogP contribution in [-0.4, -0.2) is 25.2 Å². The standard InChI is InChI=1S/C23H21ClN2O4/c1-14-4-5-16(15(2)10-14)12-22(27)26-25-13-18-7-9-21(30-18)17-6-8-20(24)19(11-17)23(28)29-3/h4-11,13H,12H2,1-3H3,(H,26,27)/b25-13+. The lowest BCUT2D eigenvalue weighted by atomic mass is 10.0. The third-order valence-corrected chi connectivity index (χ3v) is 4.84. The average molecular weight is 425 g/mol. The molecule has 0 radical (unpaired) electrons. The number of hydrazone groups is 1. The van der Waals surface area contributed by atoms with Crippen LogP contribution in [0.5, 0.6) is 0 Å². The predicted molar refractivity (Wildman–Crippen MR) is 116 cm³/mol. The minimum atomic E-state index is -0.526. The number of aryl methyl sites for hydroxylation is 2. The first-order chi connectivity index (χ1) is 14.4. The zero-order valence-electron chi connectivity index (χ0n) is 16.9. The second kappa shape index (κ2) is 9.41. The van der Waals surface area contributed by atoms with Crippen LogP contribution in [0.25, 0.3) is 11.3 Å². The molecule has 0 bridgehead atoms. The Kier molecular flexibility index (Phi) is 6.69. The summed E-state index contributed by atoms with van der Waals surface area (Å²) < 4.78 is 10.4. The van der Waals surface area contributed by atoms with E-state index in [1.165, 1.54) is 13.3 Å². The number of halogens is 1. The van der Waals surface area contributed by atoms with Gasteiger partial charge in [0, 0.05) is 5.56 Å². The zero-order chi connectivity index (χ0) is 21.7. The van der Waals surface area contributed by atoms with Crippen molar-refractivity contribution < 1.29 is 18.7 Å². The van der Waals surface area contributed by atoms with Gasteiger partial charge in [0.1, 0.15) is 11.5 Å². The molecule has 154 valence electrons. The van der Waals surface area contributed by atoms with Crippen molar-refractivity contribution >= 4 is 29.7 Å². The van der Waals surface area contributed by atoms with Gasteiger partial charge in [-0.05, 0) is 55.3 Å². The summed E-state index contributed by atoms with van der Waals surface area (Å²) in [5.41, 5.74) is 6.60. The van der Waals surface area contributed by atoms with Crippen LogP contribution < -0.4 is 5.43 Å². The minimum absolute atomic E-state index is 0.217. The number of nitrogens with one attached hydrogen (secondary N) is 1. The monoisotopic (exact) mass is 424 g/mol. The van der Waals surface area contributed by atoms with Crippen molar-refractivity contribution in [1.82, 2.24) is 5.43 Å². The van der Waals surface area contributed by atoms with Crippen LogP contribution in [0.1, 0.15) is 32.8 Å². The van der Waals surface area contributed by atoms with E-state index in [1.54, 1.807) is 30.3 Å². The number of esters is 1. The van der Waals surface area contributed by atoms with Crippen molar-refractivity contribution in [2.75, 3.05) is 7.11 Å². The molecule has 0 saturated carbocycles. The molecule has 0 aliphatic rings. The molecule has 1 amide bonds. The number of carbonyl (C=O) groups is 2. The van der Waals surface area contributed by atoms with Gasteiger partial charge in [0.25, 0.3) is 0 Å². The fraction of sp³-hybridized carbons (Fsp3) is 0.174. The highest BCUT2D eigenvalue weighted by Gasteiger charge is 2.13. The highest BCUT2D eigenvalue weighted by Crippen LogP contribution is 2.27. The molecule has 0 unspecified atom stereocenters. The summed E-state index contributed by atoms with van der Waals surface area (Å²) in [6, 6.07) is 14.4. The molecule has 3 aromatic rings. The number of furan rings is 1. The molecule has 0 fully saturated rings. The molecule has 0 atom stereocenters. The quantitative estimate of drug-likeness (QED) is 0.353. The third-order valence-electron chi connectivity index (χ3n) is 4.51. The van der Waals surface area contributed by atoms with E-state index in [2.05, 4.69) is 10.5 Å². The fourth-order valence-electron chi connectivity index (χ4n) is 2.95. The Bertz CT molecular complexity index is 1120. The highest BCUT2D eigenvalue weighted by atomic mass is 35.5. The van der Waals surface area contributed by atoms with E-state index in [4.69, 9.17) is 20.8 Å². The van der Waals surface area contributed by atoms with Gasteiger partial charge in [-0.25, -0.2) is 10.2 Å². The van der Waals surface area contributed by atoms with E-state index in [-0.39, 0.29) is 17.9 Å². The van der Waals surface area contributed by atoms with E-state index in [1.807, 2.05) is 32.0 Å². The summed E-state index contributed by atoms with van der Waals surface area (Å²) in [4.78, 5) is 23.9. The Hall–Kier alpha value is -3.38. The summed E-state index contributed by atoms with van der Waals surface area (Å²) in [7, 11) is 1.29. The molecule has 6 nitrogen and oxygen atoms in total. The van der Waals surface area contributed by atoms with Crippen molar-refractivity contribution in [1.29, 1.82) is 0 Å². The lowest BCUT2D eigenvalue weighted by molar-refractivity contribution is -0.120. The molecule has 2 aromatic carbocycles. The van der Waals surface area contributed by atoms with Crippen molar-refractivity contribution in [3.63, 3.8) is 0 Å². The van der Waals surface area contributed by atoms with Crippen molar-refractivity contribution in [2.24, 2.45) is 5.10 Å². The highest BCUT2D eigenvalue weighted by molar-refractivity contribution is 6.33. The van der Waals surface area contributed by atoms with Gasteiger partial charge in [0.05, 0.1) is 30.3 Å². The number of hydrogen-bond acceptors (Lipinski definition) is 5. The average Bonchev–Trinajstić information content (AvgIpc) is 3.19. The Morgan fingerprint density at radius 1 is 1.13 bits per heavy atom. The maximum Gasteiger partial charge on any atom is 0.339 e. The molecular formula is C23H21ClN2O4. The van der Waals surface area contributed by atoms with E-state index in [0.717, 1.165) is 16.7 Å². The third kappa shape index (κ3) is 5.15. The number of methoxy groups -OCH3 is 1. The number of benzene rings is 2. The second-order valence-electron chi connectivity index (χ2n) is 6.79. The number of carbonyl (C=O) groups excluding carboxylic acids is 2. The van der Waals surface area contributed by atoms with E-state index < -0.39 is 5.97 Å². The summed E-state index contributed by atoms with van der Waals surface area (Å²) in [5, 5.41) is 4.25. The number of nitrogens with zero attached hydrogens (tertiary/aromatic N) is 1. The van der Waals surface area contributed by atoms with E-state index in [9.17, 15) is 9.59 Å². The zero-order valence-corrected chi connectivity index (χ0v) is 17.6. The molecule has 1 N–H and O–H groups in total. The molecular weight excluding hydrogens is 404 g/mol. The number of hydrogen-bond donors (Lipinski definition) is 1. The molecule has 0 saturated heterocycles. The van der Waals surface area contributed by atoms with Gasteiger partial charge in [-0.1, -0.05) is 35.4 Å². The van der Waals surface area contributed by atoms with Gasteiger partial charge >= 0.3 is 5.97 Å². The van der Waals surface area contributed by atoms with Gasteiger partial charge in [-0.2, -0.15) is 5.10 Å². The predicted octanol–water partition coefficient (Wildman–Crippen LogP) is 4.70. The van der Waals surface area contributed by atoms with E-state index in [0.29, 0.717) is 22.1 Å². The summed E-state index contributed by atoms with van der Waals surface area (Å²) in [6.07, 6.45) is 1.66. The summed E-state index contributed by atoms with van der Waals surface area (Å²) in [5.74, 6) is 0.235. The molecule has 30 heavy (non-hydrogen) atoms. The van der Waals surface area contributed by atoms with E-state index >= 15 is 0 Å². The van der Waals surface area contributed by atoms with Crippen LogP contribution in [0.2, 0.25) is 5.02 Å². The van der Waals surface area contributed by atoms with Gasteiger partial charge in [-0.3, -0.25) is 4.79 Å². The molecule has 1 heterocycles. The molecule has 3 rings (SSSR count). The van der Waals surface area contributed by atoms with Gasteiger partial charge in [0.15, 0.2) is 0 Å². The van der Waals surface area contributed by atoms with Gasteiger partial charge < -0.3 is 9.15 Å². The van der Waals surface area contributed by atoms with Crippen LogP contribution >= 0.6 is 11.6 Å². The van der Waals surface area contributed by atoms with Crippen LogP contribution in [0.15, 0.2) is 58.0 Å². The Labute approximate surface area is 179 Å². The molecule has 0 spiro atoms. The van der Waals surface area contributed by atoms with Crippen molar-refractivity contribution in [2.45, 2.75) is 20.3 Å². The molecule has 1 aromatic heterocycles. The first-order valence-electron chi connectivity index (χ1n) is 9.23. The fourth-order valence-corrected chi connectivity index (χ4v) is 3.14. The van der Waals surface area contributed by atoms with Gasteiger partial charge in [0.2, 0.25) is 5.91 Å². The smallest absolute Gasteiger partial charge is 0.339 e. The first-order valence-corrected chi connectivity index (χ1v) is 9.61. The Morgan fingerprint density at radius 2 is 1.93 bits per heavy atom. The lowest BCUT2D eigenvalue weighted by Crippen LogP contribution is -2.20.